The Kier molecular flexibility index (Phi) is 4.22. The van der Waals surface area contributed by atoms with Crippen LogP contribution in [0.15, 0.2) is 29.0 Å². The van der Waals surface area contributed by atoms with Gasteiger partial charge in [0.1, 0.15) is 5.60 Å². The Morgan fingerprint density at radius 2 is 2.17 bits per heavy atom. The highest BCUT2D eigenvalue weighted by Crippen LogP contribution is 2.25. The molecule has 0 aromatic carbocycles. The van der Waals surface area contributed by atoms with Gasteiger partial charge in [-0.3, -0.25) is 0 Å². The Hall–Kier alpha value is -0.680. The fraction of sp³-hybridized carbons (Fsp3) is 0.429. The Bertz CT molecular complexity index is 488. The quantitative estimate of drug-likeness (QED) is 0.876. The molecular formula is C14H19NOS2. The van der Waals surface area contributed by atoms with Crippen LogP contribution in [0.25, 0.3) is 0 Å². The maximum absolute atomic E-state index is 10.4. The molecule has 0 aliphatic carbocycles. The molecule has 2 N–H and O–H groups in total. The molecule has 18 heavy (non-hydrogen) atoms. The monoisotopic (exact) mass is 281 g/mol. The predicted octanol–water partition coefficient (Wildman–Crippen LogP) is 3.68. The van der Waals surface area contributed by atoms with Crippen molar-refractivity contribution in [3.8, 4) is 0 Å². The number of hydrogen-bond donors (Lipinski definition) is 2. The van der Waals surface area contributed by atoms with Crippen LogP contribution >= 0.6 is 22.7 Å². The van der Waals surface area contributed by atoms with Crippen LogP contribution in [0.1, 0.15) is 35.2 Å². The lowest BCUT2D eigenvalue weighted by molar-refractivity contribution is 0.0549. The van der Waals surface area contributed by atoms with Crippen molar-refractivity contribution in [2.45, 2.75) is 32.4 Å². The second-order valence-electron chi connectivity index (χ2n) is 4.84. The summed E-state index contributed by atoms with van der Waals surface area (Å²) < 4.78 is 0. The predicted molar refractivity (Wildman–Crippen MR) is 79.4 cm³/mol. The van der Waals surface area contributed by atoms with Gasteiger partial charge in [-0.1, -0.05) is 0 Å². The van der Waals surface area contributed by atoms with Crippen molar-refractivity contribution >= 4 is 22.7 Å². The van der Waals surface area contributed by atoms with E-state index in [0.717, 1.165) is 5.56 Å². The third-order valence-electron chi connectivity index (χ3n) is 3.08. The van der Waals surface area contributed by atoms with Crippen molar-refractivity contribution < 1.29 is 5.11 Å². The second kappa shape index (κ2) is 5.53. The largest absolute Gasteiger partial charge is 0.384 e. The maximum Gasteiger partial charge on any atom is 0.100 e. The Labute approximate surface area is 116 Å². The fourth-order valence-electron chi connectivity index (χ4n) is 1.81. The van der Waals surface area contributed by atoms with Crippen LogP contribution in [-0.4, -0.2) is 11.7 Å². The number of hydrogen-bond acceptors (Lipinski definition) is 4. The van der Waals surface area contributed by atoms with E-state index in [0.29, 0.717) is 6.54 Å². The van der Waals surface area contributed by atoms with Crippen LogP contribution < -0.4 is 5.32 Å². The highest BCUT2D eigenvalue weighted by atomic mass is 32.1. The topological polar surface area (TPSA) is 32.3 Å². The molecular weight excluding hydrogens is 262 g/mol. The smallest absolute Gasteiger partial charge is 0.100 e. The molecule has 0 bridgehead atoms. The zero-order chi connectivity index (χ0) is 13.2. The van der Waals surface area contributed by atoms with Gasteiger partial charge >= 0.3 is 0 Å². The first kappa shape index (κ1) is 13.7. The van der Waals surface area contributed by atoms with E-state index in [1.54, 1.807) is 22.7 Å². The van der Waals surface area contributed by atoms with Gasteiger partial charge in [-0.2, -0.15) is 11.3 Å². The van der Waals surface area contributed by atoms with E-state index in [4.69, 9.17) is 0 Å². The summed E-state index contributed by atoms with van der Waals surface area (Å²) in [6.45, 7) is 6.66. The lowest BCUT2D eigenvalue weighted by Gasteiger charge is -2.25. The molecule has 2 rings (SSSR count). The van der Waals surface area contributed by atoms with E-state index in [9.17, 15) is 5.11 Å². The summed E-state index contributed by atoms with van der Waals surface area (Å²) in [4.78, 5) is 2.64. The first-order chi connectivity index (χ1) is 8.49. The van der Waals surface area contributed by atoms with Crippen molar-refractivity contribution in [3.63, 3.8) is 0 Å². The summed E-state index contributed by atoms with van der Waals surface area (Å²) in [5.74, 6) is 0. The molecule has 2 unspecified atom stereocenters. The second-order valence-corrected chi connectivity index (χ2v) is 6.94. The zero-order valence-corrected chi connectivity index (χ0v) is 12.6. The van der Waals surface area contributed by atoms with E-state index in [-0.39, 0.29) is 6.04 Å². The van der Waals surface area contributed by atoms with Crippen molar-refractivity contribution in [2.75, 3.05) is 6.54 Å². The molecule has 0 radical (unpaired) electrons. The average molecular weight is 281 g/mol. The van der Waals surface area contributed by atoms with E-state index in [1.807, 2.05) is 23.8 Å². The van der Waals surface area contributed by atoms with E-state index in [1.165, 1.54) is 9.75 Å². The zero-order valence-electron chi connectivity index (χ0n) is 10.9. The minimum Gasteiger partial charge on any atom is -0.384 e. The third kappa shape index (κ3) is 3.20. The summed E-state index contributed by atoms with van der Waals surface area (Å²) in [6, 6.07) is 6.53. The van der Waals surface area contributed by atoms with Crippen molar-refractivity contribution in [2.24, 2.45) is 0 Å². The summed E-state index contributed by atoms with van der Waals surface area (Å²) in [7, 11) is 0. The molecule has 0 aliphatic heterocycles. The molecule has 0 amide bonds. The van der Waals surface area contributed by atoms with E-state index in [2.05, 4.69) is 31.3 Å². The molecule has 0 fully saturated rings. The fourth-order valence-corrected chi connectivity index (χ4v) is 3.50. The van der Waals surface area contributed by atoms with Gasteiger partial charge in [-0.25, -0.2) is 0 Å². The van der Waals surface area contributed by atoms with Gasteiger partial charge in [0, 0.05) is 22.3 Å². The van der Waals surface area contributed by atoms with Gasteiger partial charge in [0.15, 0.2) is 0 Å². The molecule has 2 aromatic heterocycles. The standard InChI is InChI=1S/C14H19NOS2/c1-10-4-5-13(18-10)11(2)15-9-14(3,16)12-6-7-17-8-12/h4-8,11,15-16H,9H2,1-3H3. The maximum atomic E-state index is 10.4. The van der Waals surface area contributed by atoms with Crippen LogP contribution in [0.2, 0.25) is 0 Å². The van der Waals surface area contributed by atoms with Crippen molar-refractivity contribution in [1.29, 1.82) is 0 Å². The SMILES string of the molecule is Cc1ccc(C(C)NCC(C)(O)c2ccsc2)s1. The Morgan fingerprint density at radius 1 is 1.39 bits per heavy atom. The van der Waals surface area contributed by atoms with Gasteiger partial charge in [-0.15, -0.1) is 11.3 Å². The molecule has 98 valence electrons. The molecule has 0 saturated carbocycles. The average Bonchev–Trinajstić information content (AvgIpc) is 2.96. The highest BCUT2D eigenvalue weighted by molar-refractivity contribution is 7.12. The molecule has 2 nitrogen and oxygen atoms in total. The van der Waals surface area contributed by atoms with Crippen LogP contribution in [0.5, 0.6) is 0 Å². The normalized spacial score (nSPS) is 16.4. The van der Waals surface area contributed by atoms with E-state index >= 15 is 0 Å². The van der Waals surface area contributed by atoms with Crippen LogP contribution in [0, 0.1) is 6.92 Å². The number of aliphatic hydroxyl groups is 1. The lowest BCUT2D eigenvalue weighted by atomic mass is 9.99. The first-order valence-electron chi connectivity index (χ1n) is 6.04. The summed E-state index contributed by atoms with van der Waals surface area (Å²) >= 11 is 3.42. The molecule has 4 heteroatoms. The van der Waals surface area contributed by atoms with Gasteiger partial charge in [0.25, 0.3) is 0 Å². The van der Waals surface area contributed by atoms with E-state index < -0.39 is 5.60 Å². The van der Waals surface area contributed by atoms with Gasteiger partial charge < -0.3 is 10.4 Å². The van der Waals surface area contributed by atoms with Crippen LogP contribution in [0.4, 0.5) is 0 Å². The molecule has 0 spiro atoms. The molecule has 2 atom stereocenters. The van der Waals surface area contributed by atoms with Crippen molar-refractivity contribution in [3.05, 3.63) is 44.3 Å². The number of aryl methyl sites for hydroxylation is 1. The number of rotatable bonds is 5. The summed E-state index contributed by atoms with van der Waals surface area (Å²) in [5, 5.41) is 17.8. The lowest BCUT2D eigenvalue weighted by Crippen LogP contribution is -2.36. The minimum absolute atomic E-state index is 0.272. The number of thiophene rings is 2. The Balaban J connectivity index is 1.95. The molecule has 0 saturated heterocycles. The summed E-state index contributed by atoms with van der Waals surface area (Å²) in [5.41, 5.74) is 0.176. The van der Waals surface area contributed by atoms with Crippen molar-refractivity contribution in [1.82, 2.24) is 5.32 Å². The first-order valence-corrected chi connectivity index (χ1v) is 7.80. The Morgan fingerprint density at radius 3 is 2.72 bits per heavy atom. The molecule has 2 heterocycles. The van der Waals surface area contributed by atoms with Gasteiger partial charge in [-0.05, 0) is 55.3 Å². The number of nitrogens with one attached hydrogen (secondary N) is 1. The minimum atomic E-state index is -0.805. The highest BCUT2D eigenvalue weighted by Gasteiger charge is 2.24. The molecule has 2 aromatic rings. The van der Waals surface area contributed by atoms with Crippen LogP contribution in [0.3, 0.4) is 0 Å². The van der Waals surface area contributed by atoms with Crippen LogP contribution in [-0.2, 0) is 5.60 Å². The third-order valence-corrected chi connectivity index (χ3v) is 4.95. The molecule has 0 aliphatic rings. The van der Waals surface area contributed by atoms with Gasteiger partial charge in [0.2, 0.25) is 0 Å². The summed E-state index contributed by atoms with van der Waals surface area (Å²) in [6.07, 6.45) is 0. The van der Waals surface area contributed by atoms with Gasteiger partial charge in [0.05, 0.1) is 0 Å².